The van der Waals surface area contributed by atoms with Gasteiger partial charge in [-0.15, -0.1) is 0 Å². The van der Waals surface area contributed by atoms with Gasteiger partial charge in [-0.25, -0.2) is 14.8 Å². The smallest absolute Gasteiger partial charge is 0.321 e. The second kappa shape index (κ2) is 11.2. The third-order valence-corrected chi connectivity index (χ3v) is 8.08. The van der Waals surface area contributed by atoms with Gasteiger partial charge in [0.15, 0.2) is 17.2 Å². The molecule has 2 fully saturated rings. The summed E-state index contributed by atoms with van der Waals surface area (Å²) in [4.78, 5) is 52.6. The summed E-state index contributed by atoms with van der Waals surface area (Å²) in [6.45, 7) is 7.38. The molecule has 2 saturated heterocycles. The quantitative estimate of drug-likeness (QED) is 0.337. The largest absolute Gasteiger partial charge is 0.333 e. The number of piperidine rings is 1. The molecule has 1 unspecified atom stereocenters. The van der Waals surface area contributed by atoms with Crippen LogP contribution in [0.15, 0.2) is 53.8 Å². The van der Waals surface area contributed by atoms with Crippen molar-refractivity contribution < 1.29 is 14.4 Å². The van der Waals surface area contributed by atoms with Gasteiger partial charge in [-0.3, -0.25) is 19.9 Å². The summed E-state index contributed by atoms with van der Waals surface area (Å²) in [7, 11) is 0. The topological polar surface area (TPSA) is 134 Å². The molecule has 3 aromatic rings. The van der Waals surface area contributed by atoms with Crippen LogP contribution >= 0.6 is 0 Å². The Labute approximate surface area is 237 Å². The number of allylic oxidation sites excluding steroid dienone is 4. The van der Waals surface area contributed by atoms with Crippen LogP contribution in [0.4, 0.5) is 10.6 Å². The molecule has 0 saturated carbocycles. The van der Waals surface area contributed by atoms with Crippen molar-refractivity contribution in [1.82, 2.24) is 35.1 Å². The van der Waals surface area contributed by atoms with E-state index in [1.54, 1.807) is 10.7 Å². The van der Waals surface area contributed by atoms with Gasteiger partial charge in [0.1, 0.15) is 0 Å². The van der Waals surface area contributed by atoms with E-state index >= 15 is 0 Å². The molecular formula is C30H32N8O3. The normalized spacial score (nSPS) is 21.6. The van der Waals surface area contributed by atoms with Crippen LogP contribution in [0.25, 0.3) is 16.8 Å². The van der Waals surface area contributed by atoms with E-state index in [1.807, 2.05) is 30.5 Å². The second-order valence-corrected chi connectivity index (χ2v) is 10.8. The average molecular weight is 553 g/mol. The lowest BCUT2D eigenvalue weighted by Crippen LogP contribution is -2.56. The lowest BCUT2D eigenvalue weighted by molar-refractivity contribution is -0.121. The Hall–Kier alpha value is -4.51. The first-order valence-electron chi connectivity index (χ1n) is 13.9. The number of carbonyl (C=O) groups excluding carboxylic acids is 3. The number of hydrogen-bond donors (Lipinski definition) is 2. The van der Waals surface area contributed by atoms with Crippen molar-refractivity contribution >= 4 is 35.9 Å². The number of rotatable bonds is 7. The molecule has 3 aromatic heterocycles. The van der Waals surface area contributed by atoms with Gasteiger partial charge < -0.3 is 10.2 Å². The Morgan fingerprint density at radius 2 is 2.00 bits per heavy atom. The lowest BCUT2D eigenvalue weighted by Gasteiger charge is -2.35. The number of aromatic nitrogens is 4. The van der Waals surface area contributed by atoms with E-state index in [2.05, 4.69) is 44.5 Å². The first kappa shape index (κ1) is 26.7. The molecule has 5 heterocycles. The molecule has 0 bridgehead atoms. The number of amides is 3. The zero-order valence-corrected chi connectivity index (χ0v) is 22.9. The van der Waals surface area contributed by atoms with Gasteiger partial charge >= 0.3 is 6.03 Å². The Balaban J connectivity index is 1.28. The molecule has 41 heavy (non-hydrogen) atoms. The fourth-order valence-electron chi connectivity index (χ4n) is 6.05. The van der Waals surface area contributed by atoms with Crippen molar-refractivity contribution in [2.45, 2.75) is 50.5 Å². The molecule has 0 radical (unpaired) electrons. The van der Waals surface area contributed by atoms with Gasteiger partial charge in [0.05, 0.1) is 23.5 Å². The average Bonchev–Trinajstić information content (AvgIpc) is 3.40. The molecule has 3 amide bonds. The molecule has 0 aromatic carbocycles. The van der Waals surface area contributed by atoms with E-state index in [-0.39, 0.29) is 36.0 Å². The molecule has 11 nitrogen and oxygen atoms in total. The molecule has 2 aliphatic heterocycles. The van der Waals surface area contributed by atoms with Crippen LogP contribution in [-0.4, -0.2) is 74.6 Å². The molecule has 3 aliphatic rings. The number of carbonyl (C=O) groups is 3. The van der Waals surface area contributed by atoms with Crippen molar-refractivity contribution in [3.05, 3.63) is 65.8 Å². The second-order valence-electron chi connectivity index (χ2n) is 10.8. The van der Waals surface area contributed by atoms with E-state index in [4.69, 9.17) is 9.97 Å². The number of urea groups is 1. The van der Waals surface area contributed by atoms with Crippen molar-refractivity contribution in [1.29, 1.82) is 0 Å². The maximum absolute atomic E-state index is 12.9. The highest BCUT2D eigenvalue weighted by Crippen LogP contribution is 2.36. The van der Waals surface area contributed by atoms with Crippen LogP contribution in [0.3, 0.4) is 0 Å². The van der Waals surface area contributed by atoms with Gasteiger partial charge in [-0.2, -0.15) is 9.61 Å². The zero-order valence-electron chi connectivity index (χ0n) is 22.9. The maximum Gasteiger partial charge on any atom is 0.321 e. The van der Waals surface area contributed by atoms with Gasteiger partial charge in [-0.05, 0) is 52.1 Å². The monoisotopic (exact) mass is 552 g/mol. The minimum atomic E-state index is -0.446. The highest BCUT2D eigenvalue weighted by atomic mass is 16.2. The highest BCUT2D eigenvalue weighted by molar-refractivity contribution is 6.00. The summed E-state index contributed by atoms with van der Waals surface area (Å²) in [6, 6.07) is 3.42. The molecule has 210 valence electrons. The minimum Gasteiger partial charge on any atom is -0.333 e. The zero-order chi connectivity index (χ0) is 28.5. The van der Waals surface area contributed by atoms with Crippen LogP contribution in [0.1, 0.15) is 66.2 Å². The molecule has 1 aliphatic carbocycles. The van der Waals surface area contributed by atoms with Crippen LogP contribution < -0.4 is 10.6 Å². The van der Waals surface area contributed by atoms with Gasteiger partial charge in [0.25, 0.3) is 0 Å². The predicted molar refractivity (Wildman–Crippen MR) is 155 cm³/mol. The summed E-state index contributed by atoms with van der Waals surface area (Å²) in [5.74, 6) is 0.300. The molecule has 0 spiro atoms. The Kier molecular flexibility index (Phi) is 7.27. The van der Waals surface area contributed by atoms with Crippen molar-refractivity contribution in [2.75, 3.05) is 19.6 Å². The van der Waals surface area contributed by atoms with E-state index < -0.39 is 6.03 Å². The standard InChI is InChI=1S/C30H32N8O3/c1-18(39)26-27(20-10-12-37(13-11-20)17-22-14-25(40)35-30(41)34-22)36-28-23(16-33-38(28)29(26)31-2)21-8-9-24(32-15-21)19-6-4-3-5-7-19/h3-6,8-9,15-16,19-20,22H,2,7,10-14,17H2,1H3,(H2,34,35,40,41)/t19?,22-/m1/s1. The number of Topliss-reactive ketones (excluding diaryl/α,β-unsaturated/α-hetero) is 1. The van der Waals surface area contributed by atoms with Crippen molar-refractivity contribution in [3.63, 3.8) is 0 Å². The number of imide groups is 1. The number of aliphatic imine (C=N–C) groups is 1. The third kappa shape index (κ3) is 5.32. The summed E-state index contributed by atoms with van der Waals surface area (Å²) < 4.78 is 1.59. The van der Waals surface area contributed by atoms with Crippen molar-refractivity contribution in [3.8, 4) is 11.1 Å². The number of likely N-dealkylation sites (tertiary alicyclic amines) is 1. The number of ketones is 1. The maximum atomic E-state index is 12.9. The van der Waals surface area contributed by atoms with E-state index in [1.165, 1.54) is 6.92 Å². The first-order valence-corrected chi connectivity index (χ1v) is 13.9. The minimum absolute atomic E-state index is 0.0364. The van der Waals surface area contributed by atoms with Gasteiger partial charge in [0, 0.05) is 47.8 Å². The molecule has 2 atom stereocenters. The Morgan fingerprint density at radius 1 is 1.17 bits per heavy atom. The summed E-state index contributed by atoms with van der Waals surface area (Å²) in [6.07, 6.45) is 14.7. The Bertz CT molecular complexity index is 1570. The summed E-state index contributed by atoms with van der Waals surface area (Å²) in [5.41, 5.74) is 4.47. The third-order valence-electron chi connectivity index (χ3n) is 8.08. The predicted octanol–water partition coefficient (Wildman–Crippen LogP) is 3.70. The van der Waals surface area contributed by atoms with Crippen LogP contribution in [0.2, 0.25) is 0 Å². The van der Waals surface area contributed by atoms with E-state index in [0.29, 0.717) is 29.3 Å². The summed E-state index contributed by atoms with van der Waals surface area (Å²) in [5, 5.41) is 9.64. The SMILES string of the molecule is C=Nc1c(C(C)=O)c(C2CCN(C[C@H]3CC(=O)NC(=O)N3)CC2)nc2c(-c3ccc(C4C=CC=CC4)nc3)cnn12. The Morgan fingerprint density at radius 3 is 2.66 bits per heavy atom. The van der Waals surface area contributed by atoms with Crippen LogP contribution in [-0.2, 0) is 4.79 Å². The first-order chi connectivity index (χ1) is 19.9. The van der Waals surface area contributed by atoms with Gasteiger partial charge in [0.2, 0.25) is 5.91 Å². The molecular weight excluding hydrogens is 520 g/mol. The van der Waals surface area contributed by atoms with E-state index in [9.17, 15) is 14.4 Å². The lowest BCUT2D eigenvalue weighted by atomic mass is 9.89. The van der Waals surface area contributed by atoms with Crippen LogP contribution in [0.5, 0.6) is 0 Å². The summed E-state index contributed by atoms with van der Waals surface area (Å²) >= 11 is 0. The number of nitrogens with zero attached hydrogens (tertiary/aromatic N) is 6. The fraction of sp³-hybridized carbons (Fsp3) is 0.367. The number of pyridine rings is 1. The van der Waals surface area contributed by atoms with Gasteiger partial charge in [-0.1, -0.05) is 30.4 Å². The van der Waals surface area contributed by atoms with Crippen molar-refractivity contribution in [2.24, 2.45) is 4.99 Å². The molecule has 11 heteroatoms. The highest BCUT2D eigenvalue weighted by Gasteiger charge is 2.31. The number of nitrogens with one attached hydrogen (secondary N) is 2. The molecule has 2 N–H and O–H groups in total. The van der Waals surface area contributed by atoms with Crippen LogP contribution in [0, 0.1) is 0 Å². The van der Waals surface area contributed by atoms with E-state index in [0.717, 1.165) is 49.2 Å². The number of hydrogen-bond acceptors (Lipinski definition) is 8. The fourth-order valence-corrected chi connectivity index (χ4v) is 6.05. The number of fused-ring (bicyclic) bond motifs is 1. The molecule has 6 rings (SSSR count).